The number of benzene rings is 1. The zero-order chi connectivity index (χ0) is 14.3. The van der Waals surface area contributed by atoms with Crippen LogP contribution in [0.15, 0.2) is 28.7 Å². The van der Waals surface area contributed by atoms with Gasteiger partial charge in [0.15, 0.2) is 5.13 Å². The number of nitrogens with zero attached hydrogens (tertiary/aromatic N) is 1. The lowest BCUT2D eigenvalue weighted by Crippen LogP contribution is -2.11. The number of halogens is 1. The molecule has 1 amide bonds. The summed E-state index contributed by atoms with van der Waals surface area (Å²) in [5.41, 5.74) is 1.34. The van der Waals surface area contributed by atoms with E-state index in [9.17, 15) is 4.79 Å². The van der Waals surface area contributed by atoms with Crippen molar-refractivity contribution in [2.24, 2.45) is 0 Å². The van der Waals surface area contributed by atoms with E-state index < -0.39 is 0 Å². The van der Waals surface area contributed by atoms with Gasteiger partial charge in [0, 0.05) is 5.02 Å². The van der Waals surface area contributed by atoms with Gasteiger partial charge in [-0.05, 0) is 38.1 Å². The highest BCUT2D eigenvalue weighted by Gasteiger charge is 2.15. The van der Waals surface area contributed by atoms with E-state index in [1.54, 1.807) is 19.1 Å². The Hall–Kier alpha value is -1.85. The number of rotatable bonds is 2. The Morgan fingerprint density at radius 1 is 1.35 bits per heavy atom. The van der Waals surface area contributed by atoms with E-state index in [1.807, 2.05) is 19.1 Å². The molecule has 0 aliphatic heterocycles. The van der Waals surface area contributed by atoms with Crippen molar-refractivity contribution in [3.8, 4) is 0 Å². The number of fused-ring (bicyclic) bond motifs is 1. The molecule has 0 unspecified atom stereocenters. The second-order valence-electron chi connectivity index (χ2n) is 4.41. The van der Waals surface area contributed by atoms with E-state index in [1.165, 1.54) is 11.3 Å². The van der Waals surface area contributed by atoms with Gasteiger partial charge < -0.3 is 4.42 Å². The molecule has 0 aliphatic rings. The van der Waals surface area contributed by atoms with Crippen molar-refractivity contribution in [1.82, 2.24) is 4.98 Å². The summed E-state index contributed by atoms with van der Waals surface area (Å²) in [5, 5.41) is 3.99. The zero-order valence-corrected chi connectivity index (χ0v) is 12.4. The second-order valence-corrected chi connectivity index (χ2v) is 5.88. The maximum absolute atomic E-state index is 12.2. The molecular weight excluding hydrogens is 296 g/mol. The minimum absolute atomic E-state index is 0.218. The number of nitrogens with one attached hydrogen (secondary N) is 1. The van der Waals surface area contributed by atoms with Gasteiger partial charge in [-0.3, -0.25) is 10.1 Å². The average molecular weight is 307 g/mol. The molecule has 0 fully saturated rings. The molecule has 0 radical (unpaired) electrons. The summed E-state index contributed by atoms with van der Waals surface area (Å²) in [7, 11) is 0. The fourth-order valence-corrected chi connectivity index (χ4v) is 3.11. The predicted octanol–water partition coefficient (Wildman–Crippen LogP) is 4.41. The third-order valence-corrected chi connectivity index (χ3v) is 4.03. The molecule has 2 heterocycles. The lowest BCUT2D eigenvalue weighted by molar-refractivity contribution is 0.102. The van der Waals surface area contributed by atoms with E-state index in [0.29, 0.717) is 27.2 Å². The van der Waals surface area contributed by atoms with Gasteiger partial charge in [0.05, 0.1) is 15.8 Å². The highest BCUT2D eigenvalue weighted by atomic mass is 35.5. The molecule has 6 heteroatoms. The Kier molecular flexibility index (Phi) is 3.23. The number of carbonyl (C=O) groups is 1. The Morgan fingerprint density at radius 2 is 2.15 bits per heavy atom. The molecular formula is C14H11ClN2O2S. The fraction of sp³-hybridized carbons (Fsp3) is 0.143. The first-order chi connectivity index (χ1) is 9.52. The highest BCUT2D eigenvalue weighted by molar-refractivity contribution is 7.22. The Morgan fingerprint density at radius 3 is 2.85 bits per heavy atom. The molecule has 3 aromatic rings. The normalized spacial score (nSPS) is 10.9. The van der Waals surface area contributed by atoms with E-state index in [2.05, 4.69) is 10.3 Å². The molecule has 20 heavy (non-hydrogen) atoms. The van der Waals surface area contributed by atoms with Gasteiger partial charge in [-0.1, -0.05) is 22.9 Å². The monoisotopic (exact) mass is 306 g/mol. The predicted molar refractivity (Wildman–Crippen MR) is 80.8 cm³/mol. The van der Waals surface area contributed by atoms with Crippen LogP contribution in [0.4, 0.5) is 5.13 Å². The summed E-state index contributed by atoms with van der Waals surface area (Å²) >= 11 is 7.32. The van der Waals surface area contributed by atoms with Gasteiger partial charge in [0.1, 0.15) is 11.5 Å². The van der Waals surface area contributed by atoms with Crippen LogP contribution in [0, 0.1) is 13.8 Å². The number of carbonyl (C=O) groups excluding carboxylic acids is 1. The van der Waals surface area contributed by atoms with Gasteiger partial charge in [-0.15, -0.1) is 0 Å². The van der Waals surface area contributed by atoms with Crippen LogP contribution in [0.3, 0.4) is 0 Å². The van der Waals surface area contributed by atoms with E-state index >= 15 is 0 Å². The van der Waals surface area contributed by atoms with Crippen LogP contribution in [0.1, 0.15) is 21.9 Å². The van der Waals surface area contributed by atoms with Crippen LogP contribution >= 0.6 is 22.9 Å². The quantitative estimate of drug-likeness (QED) is 0.763. The van der Waals surface area contributed by atoms with Gasteiger partial charge in [0.2, 0.25) is 0 Å². The number of amides is 1. The maximum Gasteiger partial charge on any atom is 0.260 e. The van der Waals surface area contributed by atoms with Crippen LogP contribution in [0.5, 0.6) is 0 Å². The topological polar surface area (TPSA) is 55.1 Å². The molecule has 0 aliphatic carbocycles. The van der Waals surface area contributed by atoms with E-state index in [-0.39, 0.29) is 5.91 Å². The number of furan rings is 1. The third-order valence-electron chi connectivity index (χ3n) is 2.86. The number of hydrogen-bond acceptors (Lipinski definition) is 4. The van der Waals surface area contributed by atoms with Crippen molar-refractivity contribution in [3.05, 3.63) is 46.4 Å². The van der Waals surface area contributed by atoms with Crippen molar-refractivity contribution in [1.29, 1.82) is 0 Å². The second kappa shape index (κ2) is 4.92. The molecule has 3 rings (SSSR count). The van der Waals surface area contributed by atoms with Crippen LogP contribution in [0.25, 0.3) is 10.2 Å². The van der Waals surface area contributed by atoms with E-state index in [4.69, 9.17) is 16.0 Å². The van der Waals surface area contributed by atoms with Crippen molar-refractivity contribution in [2.45, 2.75) is 13.8 Å². The molecule has 0 saturated carbocycles. The highest BCUT2D eigenvalue weighted by Crippen LogP contribution is 2.28. The first-order valence-corrected chi connectivity index (χ1v) is 7.17. The molecule has 2 aromatic heterocycles. The summed E-state index contributed by atoms with van der Waals surface area (Å²) in [6.45, 7) is 3.57. The molecule has 0 saturated heterocycles. The maximum atomic E-state index is 12.2. The first kappa shape index (κ1) is 13.1. The Bertz CT molecular complexity index is 807. The summed E-state index contributed by atoms with van der Waals surface area (Å²) in [5.74, 6) is 1.09. The molecule has 0 atom stereocenters. The van der Waals surface area contributed by atoms with Gasteiger partial charge in [-0.2, -0.15) is 0 Å². The molecule has 102 valence electrons. The SMILES string of the molecule is Cc1cc(C(=O)Nc2nc3ccc(Cl)cc3s2)c(C)o1. The number of aryl methyl sites for hydroxylation is 2. The molecule has 4 nitrogen and oxygen atoms in total. The molecule has 0 bridgehead atoms. The van der Waals surface area contributed by atoms with Gasteiger partial charge >= 0.3 is 0 Å². The summed E-state index contributed by atoms with van der Waals surface area (Å²) in [6.07, 6.45) is 0. The third kappa shape index (κ3) is 2.42. The van der Waals surface area contributed by atoms with Crippen LogP contribution < -0.4 is 5.32 Å². The lowest BCUT2D eigenvalue weighted by atomic mass is 10.2. The Labute approximate surface area is 124 Å². The summed E-state index contributed by atoms with van der Waals surface area (Å²) < 4.78 is 6.29. The Balaban J connectivity index is 1.89. The standard InChI is InChI=1S/C14H11ClN2O2S/c1-7-5-10(8(2)19-7)13(18)17-14-16-11-4-3-9(15)6-12(11)20-14/h3-6H,1-2H3,(H,16,17,18). The number of thiazole rings is 1. The number of aromatic nitrogens is 1. The summed E-state index contributed by atoms with van der Waals surface area (Å²) in [6, 6.07) is 7.15. The van der Waals surface area contributed by atoms with Crippen molar-refractivity contribution in [3.63, 3.8) is 0 Å². The van der Waals surface area contributed by atoms with E-state index in [0.717, 1.165) is 10.2 Å². The van der Waals surface area contributed by atoms with Gasteiger partial charge in [-0.25, -0.2) is 4.98 Å². The van der Waals surface area contributed by atoms with Crippen molar-refractivity contribution < 1.29 is 9.21 Å². The smallest absolute Gasteiger partial charge is 0.260 e. The fourth-order valence-electron chi connectivity index (χ4n) is 1.97. The number of anilines is 1. The summed E-state index contributed by atoms with van der Waals surface area (Å²) in [4.78, 5) is 16.5. The van der Waals surface area contributed by atoms with Crippen LogP contribution in [0.2, 0.25) is 5.02 Å². The zero-order valence-electron chi connectivity index (χ0n) is 10.9. The van der Waals surface area contributed by atoms with Crippen molar-refractivity contribution in [2.75, 3.05) is 5.32 Å². The average Bonchev–Trinajstić information content (AvgIpc) is 2.91. The first-order valence-electron chi connectivity index (χ1n) is 5.97. The van der Waals surface area contributed by atoms with Crippen LogP contribution in [-0.4, -0.2) is 10.9 Å². The molecule has 1 aromatic carbocycles. The molecule has 1 N–H and O–H groups in total. The van der Waals surface area contributed by atoms with Gasteiger partial charge in [0.25, 0.3) is 5.91 Å². The largest absolute Gasteiger partial charge is 0.466 e. The minimum atomic E-state index is -0.218. The number of hydrogen-bond donors (Lipinski definition) is 1. The minimum Gasteiger partial charge on any atom is -0.466 e. The van der Waals surface area contributed by atoms with Crippen molar-refractivity contribution >= 4 is 44.2 Å². The van der Waals surface area contributed by atoms with Crippen LogP contribution in [-0.2, 0) is 0 Å². The lowest BCUT2D eigenvalue weighted by Gasteiger charge is -1.98. The molecule has 0 spiro atoms.